The fraction of sp³-hybridized carbons (Fsp3) is 0.650. The van der Waals surface area contributed by atoms with Gasteiger partial charge in [0.15, 0.2) is 18.1 Å². The van der Waals surface area contributed by atoms with Crippen molar-refractivity contribution < 1.29 is 23.6 Å². The molecule has 1 fully saturated rings. The predicted molar refractivity (Wildman–Crippen MR) is 104 cm³/mol. The quantitative estimate of drug-likeness (QED) is 0.348. The second-order valence-electron chi connectivity index (χ2n) is 7.46. The monoisotopic (exact) mass is 396 g/mol. The van der Waals surface area contributed by atoms with E-state index in [4.69, 9.17) is 9.47 Å². The molecule has 0 spiro atoms. The maximum absolute atomic E-state index is 15.1. The number of hydrogen-bond acceptors (Lipinski definition) is 6. The summed E-state index contributed by atoms with van der Waals surface area (Å²) in [6.07, 6.45) is 5.00. The maximum Gasteiger partial charge on any atom is 0.344 e. The lowest BCUT2D eigenvalue weighted by Crippen LogP contribution is -2.40. The molecule has 28 heavy (non-hydrogen) atoms. The lowest BCUT2D eigenvalue weighted by Gasteiger charge is -2.37. The summed E-state index contributed by atoms with van der Waals surface area (Å²) >= 11 is 0. The molecule has 0 bridgehead atoms. The van der Waals surface area contributed by atoms with E-state index >= 15 is 4.39 Å². The van der Waals surface area contributed by atoms with Gasteiger partial charge in [-0.05, 0) is 25.7 Å². The number of nitrogens with zero attached hydrogens (tertiary/aromatic N) is 2. The molecule has 0 amide bonds. The molecule has 0 unspecified atom stereocenters. The molecule has 0 aliphatic heterocycles. The van der Waals surface area contributed by atoms with Gasteiger partial charge in [0.05, 0.1) is 17.6 Å². The molecule has 0 saturated heterocycles. The Labute approximate surface area is 165 Å². The topological polar surface area (TPSA) is 81.9 Å². The fourth-order valence-electron chi connectivity index (χ4n) is 3.62. The molecule has 0 atom stereocenters. The van der Waals surface area contributed by atoms with Gasteiger partial charge >= 0.3 is 5.97 Å². The van der Waals surface area contributed by atoms with Crippen molar-refractivity contribution in [1.82, 2.24) is 0 Å². The normalized spacial score (nSPS) is 14.8. The number of esters is 1. The van der Waals surface area contributed by atoms with Crippen LogP contribution >= 0.6 is 0 Å². The van der Waals surface area contributed by atoms with Crippen LogP contribution in [0.15, 0.2) is 12.1 Å². The molecule has 0 radical (unpaired) electrons. The van der Waals surface area contributed by atoms with Crippen LogP contribution in [0.2, 0.25) is 0 Å². The zero-order chi connectivity index (χ0) is 20.7. The van der Waals surface area contributed by atoms with Crippen LogP contribution < -0.4 is 9.64 Å². The Bertz CT molecular complexity index is 689. The van der Waals surface area contributed by atoms with Gasteiger partial charge in [0.25, 0.3) is 5.69 Å². The number of benzene rings is 1. The molecule has 0 heterocycles. The highest BCUT2D eigenvalue weighted by Gasteiger charge is 2.31. The van der Waals surface area contributed by atoms with E-state index < -0.39 is 23.3 Å². The molecule has 1 saturated carbocycles. The first-order valence-corrected chi connectivity index (χ1v) is 9.86. The first-order chi connectivity index (χ1) is 13.3. The molecule has 1 aliphatic rings. The Balaban J connectivity index is 2.36. The number of rotatable bonds is 9. The molecule has 8 heteroatoms. The van der Waals surface area contributed by atoms with Crippen molar-refractivity contribution in [3.05, 3.63) is 28.1 Å². The summed E-state index contributed by atoms with van der Waals surface area (Å²) in [5.41, 5.74) is -0.334. The first-order valence-electron chi connectivity index (χ1n) is 9.86. The number of ether oxygens (including phenoxy) is 2. The van der Waals surface area contributed by atoms with Gasteiger partial charge in [0.2, 0.25) is 0 Å². The van der Waals surface area contributed by atoms with Gasteiger partial charge < -0.3 is 14.4 Å². The van der Waals surface area contributed by atoms with Crippen LogP contribution in [0.25, 0.3) is 0 Å². The van der Waals surface area contributed by atoms with E-state index in [0.29, 0.717) is 6.54 Å². The zero-order valence-electron chi connectivity index (χ0n) is 16.8. The number of nitro groups is 1. The summed E-state index contributed by atoms with van der Waals surface area (Å²) in [4.78, 5) is 24.4. The number of carbonyl (C=O) groups is 1. The van der Waals surface area contributed by atoms with E-state index in [-0.39, 0.29) is 35.7 Å². The molecule has 156 valence electrons. The Hall–Kier alpha value is -2.38. The molecule has 0 N–H and O–H groups in total. The van der Waals surface area contributed by atoms with Crippen molar-refractivity contribution in [2.45, 2.75) is 58.9 Å². The van der Waals surface area contributed by atoms with Crippen molar-refractivity contribution in [3.8, 4) is 5.75 Å². The summed E-state index contributed by atoms with van der Waals surface area (Å²) < 4.78 is 25.0. The summed E-state index contributed by atoms with van der Waals surface area (Å²) in [6.45, 7) is 5.98. The molecule has 1 aromatic rings. The van der Waals surface area contributed by atoms with E-state index in [1.54, 1.807) is 6.92 Å². The lowest BCUT2D eigenvalue weighted by molar-refractivity contribution is -0.384. The van der Waals surface area contributed by atoms with Gasteiger partial charge in [-0.15, -0.1) is 0 Å². The number of anilines is 1. The lowest BCUT2D eigenvalue weighted by atomic mass is 9.93. The third-order valence-corrected chi connectivity index (χ3v) is 4.74. The molecule has 2 rings (SSSR count). The number of hydrogen-bond donors (Lipinski definition) is 0. The smallest absolute Gasteiger partial charge is 0.344 e. The number of carbonyl (C=O) groups excluding carboxylic acids is 1. The van der Waals surface area contributed by atoms with E-state index in [0.717, 1.165) is 38.2 Å². The summed E-state index contributed by atoms with van der Waals surface area (Å²) in [5.74, 6) is -1.16. The Morgan fingerprint density at radius 1 is 1.32 bits per heavy atom. The van der Waals surface area contributed by atoms with Crippen LogP contribution in [0.3, 0.4) is 0 Å². The van der Waals surface area contributed by atoms with Gasteiger partial charge in [-0.3, -0.25) is 10.1 Å². The minimum atomic E-state index is -0.709. The highest BCUT2D eigenvalue weighted by atomic mass is 19.1. The van der Waals surface area contributed by atoms with E-state index in [9.17, 15) is 14.9 Å². The van der Waals surface area contributed by atoms with Crippen molar-refractivity contribution in [2.75, 3.05) is 24.7 Å². The predicted octanol–water partition coefficient (Wildman–Crippen LogP) is 4.47. The van der Waals surface area contributed by atoms with Crippen molar-refractivity contribution in [1.29, 1.82) is 0 Å². The third-order valence-electron chi connectivity index (χ3n) is 4.74. The average molecular weight is 396 g/mol. The van der Waals surface area contributed by atoms with Crippen LogP contribution in [0.5, 0.6) is 5.75 Å². The molecular formula is C20H29FN2O5. The van der Waals surface area contributed by atoms with Gasteiger partial charge in [-0.2, -0.15) is 0 Å². The highest BCUT2D eigenvalue weighted by molar-refractivity contribution is 5.71. The second kappa shape index (κ2) is 10.2. The third kappa shape index (κ3) is 5.81. The minimum absolute atomic E-state index is 0.00841. The van der Waals surface area contributed by atoms with E-state index in [1.165, 1.54) is 6.07 Å². The highest BCUT2D eigenvalue weighted by Crippen LogP contribution is 2.39. The van der Waals surface area contributed by atoms with Crippen LogP contribution in [0, 0.1) is 21.8 Å². The van der Waals surface area contributed by atoms with Crippen LogP contribution in [-0.2, 0) is 9.53 Å². The number of nitro benzene ring substituents is 1. The second-order valence-corrected chi connectivity index (χ2v) is 7.46. The van der Waals surface area contributed by atoms with Crippen molar-refractivity contribution in [3.63, 3.8) is 0 Å². The van der Waals surface area contributed by atoms with E-state index in [1.807, 2.05) is 18.7 Å². The summed E-state index contributed by atoms with van der Waals surface area (Å²) in [7, 11) is 0. The SMILES string of the molecule is CCOC(=O)COc1cc(F)c(N(CC(C)C)C2CCCCC2)c([N+](=O)[O-])c1. The van der Waals surface area contributed by atoms with Crippen molar-refractivity contribution in [2.24, 2.45) is 5.92 Å². The molecule has 7 nitrogen and oxygen atoms in total. The molecule has 1 aliphatic carbocycles. The zero-order valence-corrected chi connectivity index (χ0v) is 16.8. The van der Waals surface area contributed by atoms with Gasteiger partial charge in [0.1, 0.15) is 5.75 Å². The summed E-state index contributed by atoms with van der Waals surface area (Å²) in [5, 5.41) is 11.7. The largest absolute Gasteiger partial charge is 0.482 e. The average Bonchev–Trinajstić information content (AvgIpc) is 2.65. The molecule has 0 aromatic heterocycles. The van der Waals surface area contributed by atoms with Crippen LogP contribution in [0.4, 0.5) is 15.8 Å². The Morgan fingerprint density at radius 3 is 2.57 bits per heavy atom. The van der Waals surface area contributed by atoms with Crippen LogP contribution in [0.1, 0.15) is 52.9 Å². The standard InChI is InChI=1S/C20H29FN2O5/c1-4-27-19(24)13-28-16-10-17(21)20(18(11-16)23(25)26)22(12-14(2)3)15-8-6-5-7-9-15/h10-11,14-15H,4-9,12-13H2,1-3H3. The minimum Gasteiger partial charge on any atom is -0.482 e. The first kappa shape index (κ1) is 21.9. The van der Waals surface area contributed by atoms with Crippen LogP contribution in [-0.4, -0.2) is 36.7 Å². The van der Waals surface area contributed by atoms with Gasteiger partial charge in [-0.1, -0.05) is 33.1 Å². The van der Waals surface area contributed by atoms with Gasteiger partial charge in [0, 0.05) is 18.7 Å². The molecular weight excluding hydrogens is 367 g/mol. The Kier molecular flexibility index (Phi) is 8.02. The van der Waals surface area contributed by atoms with E-state index in [2.05, 4.69) is 0 Å². The molecule has 1 aromatic carbocycles. The maximum atomic E-state index is 15.1. The van der Waals surface area contributed by atoms with Gasteiger partial charge in [-0.25, -0.2) is 9.18 Å². The Morgan fingerprint density at radius 2 is 2.00 bits per heavy atom. The van der Waals surface area contributed by atoms with Crippen molar-refractivity contribution >= 4 is 17.3 Å². The number of halogens is 1. The fourth-order valence-corrected chi connectivity index (χ4v) is 3.62. The summed E-state index contributed by atoms with van der Waals surface area (Å²) in [6, 6.07) is 2.38.